The monoisotopic (exact) mass is 410 g/mol. The Kier molecular flexibility index (Phi) is 6.05. The molecule has 2 atom stereocenters. The predicted octanol–water partition coefficient (Wildman–Crippen LogP) is 3.59. The van der Waals surface area contributed by atoms with E-state index in [-0.39, 0.29) is 5.02 Å². The molecule has 27 heavy (non-hydrogen) atoms. The summed E-state index contributed by atoms with van der Waals surface area (Å²) in [5.74, 6) is -0.820. The lowest BCUT2D eigenvalue weighted by atomic mass is 10.1. The maximum atomic E-state index is 14.2. The second kappa shape index (κ2) is 8.14. The van der Waals surface area contributed by atoms with Crippen LogP contribution >= 0.6 is 11.6 Å². The second-order valence-corrected chi connectivity index (χ2v) is 8.06. The number of hydrogen-bond acceptors (Lipinski definition) is 5. The molecule has 5 nitrogen and oxygen atoms in total. The van der Waals surface area contributed by atoms with E-state index in [1.807, 2.05) is 26.1 Å². The Labute approximate surface area is 166 Å². The molecular weight excluding hydrogens is 389 g/mol. The van der Waals surface area contributed by atoms with Gasteiger partial charge in [0.1, 0.15) is 5.82 Å². The van der Waals surface area contributed by atoms with Crippen molar-refractivity contribution in [2.75, 3.05) is 37.0 Å². The van der Waals surface area contributed by atoms with Crippen molar-refractivity contribution in [3.63, 3.8) is 0 Å². The van der Waals surface area contributed by atoms with E-state index in [1.54, 1.807) is 11.9 Å². The summed E-state index contributed by atoms with van der Waals surface area (Å²) in [6, 6.07) is 8.81. The minimum Gasteiger partial charge on any atom is -0.768 e. The second-order valence-electron chi connectivity index (χ2n) is 6.74. The molecule has 0 saturated carbocycles. The van der Waals surface area contributed by atoms with Gasteiger partial charge in [0.2, 0.25) is 0 Å². The van der Waals surface area contributed by atoms with E-state index in [0.717, 1.165) is 48.6 Å². The molecule has 1 N–H and O–H groups in total. The van der Waals surface area contributed by atoms with Crippen molar-refractivity contribution in [2.24, 2.45) is 0 Å². The predicted molar refractivity (Wildman–Crippen MR) is 108 cm³/mol. The molecule has 1 fully saturated rings. The van der Waals surface area contributed by atoms with Gasteiger partial charge in [-0.2, -0.15) is 0 Å². The Morgan fingerprint density at radius 2 is 2.07 bits per heavy atom. The highest BCUT2D eigenvalue weighted by atomic mass is 35.5. The maximum Gasteiger partial charge on any atom is 0.140 e. The third-order valence-corrected chi connectivity index (χ3v) is 5.95. The van der Waals surface area contributed by atoms with Gasteiger partial charge in [0.25, 0.3) is 0 Å². The first-order valence-electron chi connectivity index (χ1n) is 8.66. The molecular formula is C19H22ClFN3O2S-. The number of likely N-dealkylation sites (N-methyl/N-ethyl adjacent to an activating group) is 1. The van der Waals surface area contributed by atoms with E-state index < -0.39 is 21.8 Å². The van der Waals surface area contributed by atoms with Crippen molar-refractivity contribution in [1.82, 2.24) is 5.32 Å². The maximum absolute atomic E-state index is 14.2. The van der Waals surface area contributed by atoms with Crippen LogP contribution in [0.2, 0.25) is 5.02 Å². The highest BCUT2D eigenvalue weighted by molar-refractivity contribution is 7.79. The van der Waals surface area contributed by atoms with Gasteiger partial charge in [0.15, 0.2) is 0 Å². The molecule has 1 saturated heterocycles. The minimum absolute atomic E-state index is 0.180. The molecule has 2 aromatic carbocycles. The summed E-state index contributed by atoms with van der Waals surface area (Å²) in [5, 5.41) is 3.49. The largest absolute Gasteiger partial charge is 0.768 e. The molecule has 0 radical (unpaired) electrons. The summed E-state index contributed by atoms with van der Waals surface area (Å²) in [6.45, 7) is 3.84. The van der Waals surface area contributed by atoms with Crippen LogP contribution in [0.5, 0.6) is 0 Å². The van der Waals surface area contributed by atoms with E-state index in [4.69, 9.17) is 11.6 Å². The van der Waals surface area contributed by atoms with Crippen LogP contribution in [0.1, 0.15) is 12.0 Å². The molecule has 8 heteroatoms. The molecule has 0 spiro atoms. The van der Waals surface area contributed by atoms with E-state index in [0.29, 0.717) is 11.7 Å². The van der Waals surface area contributed by atoms with Crippen LogP contribution in [0.25, 0.3) is 0 Å². The number of benzene rings is 2. The number of nitrogens with zero attached hydrogens (tertiary/aromatic N) is 2. The third-order valence-electron chi connectivity index (χ3n) is 4.97. The molecule has 1 aliphatic heterocycles. The van der Waals surface area contributed by atoms with E-state index in [2.05, 4.69) is 16.3 Å². The van der Waals surface area contributed by atoms with Gasteiger partial charge in [-0.3, -0.25) is 4.21 Å². The molecule has 2 unspecified atom stereocenters. The van der Waals surface area contributed by atoms with Gasteiger partial charge in [-0.15, -0.1) is 0 Å². The lowest BCUT2D eigenvalue weighted by molar-refractivity contribution is 0.523. The highest BCUT2D eigenvalue weighted by Gasteiger charge is 2.25. The number of rotatable bonds is 5. The summed E-state index contributed by atoms with van der Waals surface area (Å²) in [5.41, 5.74) is 3.47. The zero-order chi connectivity index (χ0) is 19.7. The normalized spacial score (nSPS) is 18.0. The fourth-order valence-electron chi connectivity index (χ4n) is 3.42. The first kappa shape index (κ1) is 20.1. The molecule has 2 aromatic rings. The number of nitrogens with one attached hydrogen (secondary N) is 1. The van der Waals surface area contributed by atoms with Crippen LogP contribution in [-0.4, -0.2) is 42.0 Å². The Balaban J connectivity index is 2.02. The Hall–Kier alpha value is -1.67. The summed E-state index contributed by atoms with van der Waals surface area (Å²) in [7, 11) is 3.76. The van der Waals surface area contributed by atoms with E-state index >= 15 is 0 Å². The molecule has 0 bridgehead atoms. The van der Waals surface area contributed by atoms with Gasteiger partial charge in [-0.25, -0.2) is 4.39 Å². The average molecular weight is 411 g/mol. The topological polar surface area (TPSA) is 58.6 Å². The average Bonchev–Trinajstić information content (AvgIpc) is 3.11. The first-order valence-corrected chi connectivity index (χ1v) is 10.1. The van der Waals surface area contributed by atoms with Crippen LogP contribution in [0.15, 0.2) is 35.2 Å². The summed E-state index contributed by atoms with van der Waals surface area (Å²) in [6.07, 6.45) is 1.05. The molecule has 0 amide bonds. The lowest BCUT2D eigenvalue weighted by Gasteiger charge is -2.29. The Morgan fingerprint density at radius 3 is 2.70 bits per heavy atom. The molecule has 0 aromatic heterocycles. The van der Waals surface area contributed by atoms with Crippen molar-refractivity contribution in [1.29, 1.82) is 0 Å². The Morgan fingerprint density at radius 1 is 1.33 bits per heavy atom. The summed E-state index contributed by atoms with van der Waals surface area (Å²) < 4.78 is 36.5. The quantitative estimate of drug-likeness (QED) is 0.763. The van der Waals surface area contributed by atoms with E-state index in [1.165, 1.54) is 0 Å². The van der Waals surface area contributed by atoms with Crippen molar-refractivity contribution >= 4 is 39.7 Å². The number of aryl methyl sites for hydroxylation is 1. The van der Waals surface area contributed by atoms with Gasteiger partial charge in [-0.05, 0) is 55.2 Å². The number of hydrogen-bond donors (Lipinski definition) is 1. The first-order chi connectivity index (χ1) is 12.8. The fraction of sp³-hybridized carbons (Fsp3) is 0.368. The van der Waals surface area contributed by atoms with Crippen LogP contribution < -0.4 is 15.1 Å². The van der Waals surface area contributed by atoms with Crippen LogP contribution in [0.3, 0.4) is 0 Å². The van der Waals surface area contributed by atoms with Crippen molar-refractivity contribution < 1.29 is 13.2 Å². The zero-order valence-electron chi connectivity index (χ0n) is 15.5. The van der Waals surface area contributed by atoms with Crippen LogP contribution in [-0.2, 0) is 11.1 Å². The molecule has 0 aliphatic carbocycles. The van der Waals surface area contributed by atoms with Gasteiger partial charge >= 0.3 is 0 Å². The number of anilines is 3. The minimum atomic E-state index is -2.67. The van der Waals surface area contributed by atoms with Gasteiger partial charge in [0, 0.05) is 32.2 Å². The molecule has 1 heterocycles. The highest BCUT2D eigenvalue weighted by Crippen LogP contribution is 2.39. The standard InChI is InChI=1S/C19H23ClFN3O2S/c1-12-4-5-16(18(8-12)24-7-6-13(11-24)22-2)23(3)17-10-15(21)19(27(25)26)9-14(17)20/h4-5,8-10,13,22H,6-7,11H2,1-3H3,(H,25,26)/p-1. The van der Waals surface area contributed by atoms with Gasteiger partial charge in [-0.1, -0.05) is 17.7 Å². The third kappa shape index (κ3) is 4.11. The lowest BCUT2D eigenvalue weighted by Crippen LogP contribution is -2.30. The summed E-state index contributed by atoms with van der Waals surface area (Å²) >= 11 is 3.60. The molecule has 3 rings (SSSR count). The van der Waals surface area contributed by atoms with Crippen molar-refractivity contribution in [3.05, 3.63) is 46.7 Å². The SMILES string of the molecule is CNC1CCN(c2cc(C)ccc2N(C)c2cc(F)c(S(=O)[O-])cc2Cl)C1. The zero-order valence-corrected chi connectivity index (χ0v) is 17.0. The van der Waals surface area contributed by atoms with Crippen LogP contribution in [0.4, 0.5) is 21.5 Å². The van der Waals surface area contributed by atoms with Crippen LogP contribution in [0, 0.1) is 12.7 Å². The van der Waals surface area contributed by atoms with Gasteiger partial charge in [0.05, 0.1) is 27.0 Å². The van der Waals surface area contributed by atoms with E-state index in [9.17, 15) is 13.2 Å². The van der Waals surface area contributed by atoms with Crippen molar-refractivity contribution in [2.45, 2.75) is 24.3 Å². The van der Waals surface area contributed by atoms with Gasteiger partial charge < -0.3 is 19.7 Å². The molecule has 146 valence electrons. The fourth-order valence-corrected chi connectivity index (χ4v) is 4.21. The number of halogens is 2. The Bertz CT molecular complexity index is 880. The smallest absolute Gasteiger partial charge is 0.140 e. The molecule has 1 aliphatic rings. The van der Waals surface area contributed by atoms with Crippen molar-refractivity contribution in [3.8, 4) is 0 Å². The summed E-state index contributed by atoms with van der Waals surface area (Å²) in [4.78, 5) is 3.66.